The number of ketones is 2. The van der Waals surface area contributed by atoms with Crippen molar-refractivity contribution in [3.05, 3.63) is 167 Å². The van der Waals surface area contributed by atoms with E-state index in [0.29, 0.717) is 93.0 Å². The fourth-order valence-corrected chi connectivity index (χ4v) is 13.8. The first-order chi connectivity index (χ1) is 45.4. The number of ether oxygens (including phenoxy) is 1. The van der Waals surface area contributed by atoms with Crippen LogP contribution in [0.3, 0.4) is 0 Å². The third kappa shape index (κ3) is 20.3. The van der Waals surface area contributed by atoms with Crippen molar-refractivity contribution in [2.45, 2.75) is 145 Å². The van der Waals surface area contributed by atoms with Gasteiger partial charge in [0.1, 0.15) is 32.1 Å². The number of benzene rings is 3. The lowest BCUT2D eigenvalue weighted by Crippen LogP contribution is -2.11. The molecule has 0 amide bonds. The molecule has 6 saturated carbocycles. The average molecular weight is 1480 g/mol. The van der Waals surface area contributed by atoms with Crippen molar-refractivity contribution < 1.29 is 51.8 Å². The van der Waals surface area contributed by atoms with Gasteiger partial charge in [-0.2, -0.15) is 0 Å². The molecule has 6 aliphatic rings. The van der Waals surface area contributed by atoms with Gasteiger partial charge in [0, 0.05) is 68.1 Å². The first kappa shape index (κ1) is 71.8. The number of methoxy groups -OCH3 is 1. The van der Waals surface area contributed by atoms with Crippen LogP contribution >= 0.6 is 116 Å². The molecule has 6 heterocycles. The van der Waals surface area contributed by atoms with E-state index in [1.54, 1.807) is 24.3 Å². The number of Topliss-reactive ketones (excluding diaryl/α,β-unsaturated/α-hetero) is 2. The molecule has 34 heteroatoms. The number of halogens is 7. The van der Waals surface area contributed by atoms with E-state index in [9.17, 15) is 41.9 Å². The predicted molar refractivity (Wildman–Crippen MR) is 353 cm³/mol. The number of carbonyl (C=O) groups excluding carboxylic acids is 5. The van der Waals surface area contributed by atoms with Gasteiger partial charge in [-0.3, -0.25) is 19.2 Å². The van der Waals surface area contributed by atoms with Crippen molar-refractivity contribution >= 4 is 151 Å². The fourth-order valence-electron chi connectivity index (χ4n) is 8.98. The molecule has 15 rings (SSSR count). The highest BCUT2D eigenvalue weighted by Gasteiger charge is 2.36. The second kappa shape index (κ2) is 34.5. The molecular formula is C60H56Cl4F3N13O8S6. The van der Waals surface area contributed by atoms with Gasteiger partial charge >= 0.3 is 11.9 Å². The molecule has 94 heavy (non-hydrogen) atoms. The molecule has 0 unspecified atom stereocenters. The van der Waals surface area contributed by atoms with Gasteiger partial charge in [-0.25, -0.2) is 22.8 Å². The quantitative estimate of drug-likeness (QED) is 0.0250. The van der Waals surface area contributed by atoms with Crippen LogP contribution in [0, 0.1) is 17.5 Å². The molecule has 0 atom stereocenters. The molecule has 3 aromatic carbocycles. The van der Waals surface area contributed by atoms with Crippen LogP contribution in [-0.2, 0) is 24.1 Å². The number of carboxylic acids is 1. The zero-order chi connectivity index (χ0) is 67.0. The van der Waals surface area contributed by atoms with Gasteiger partial charge in [-0.1, -0.05) is 79.9 Å². The summed E-state index contributed by atoms with van der Waals surface area (Å²) in [5.74, 6) is -0.760. The molecule has 0 aliphatic heterocycles. The number of hydrogen-bond acceptors (Lipinski definition) is 26. The van der Waals surface area contributed by atoms with Crippen molar-refractivity contribution in [2.24, 2.45) is 5.73 Å². The second-order valence-electron chi connectivity index (χ2n) is 22.0. The van der Waals surface area contributed by atoms with E-state index in [-0.39, 0.29) is 46.4 Å². The number of aldehydes is 1. The lowest BCUT2D eigenvalue weighted by Gasteiger charge is -2.05. The monoisotopic (exact) mass is 1480 g/mol. The van der Waals surface area contributed by atoms with E-state index in [1.165, 1.54) is 90.7 Å². The topological polar surface area (TPSA) is 313 Å². The van der Waals surface area contributed by atoms with Crippen LogP contribution in [0.4, 0.5) is 13.2 Å². The highest BCUT2D eigenvalue weighted by Crippen LogP contribution is 2.45. The van der Waals surface area contributed by atoms with Crippen molar-refractivity contribution in [3.8, 4) is 0 Å². The van der Waals surface area contributed by atoms with E-state index in [2.05, 4.69) is 62.3 Å². The molecule has 21 nitrogen and oxygen atoms in total. The number of hydrogen-bond donors (Lipinski definition) is 2. The van der Waals surface area contributed by atoms with Crippen LogP contribution in [0.2, 0.25) is 15.1 Å². The van der Waals surface area contributed by atoms with Crippen molar-refractivity contribution in [3.63, 3.8) is 0 Å². The van der Waals surface area contributed by atoms with Crippen molar-refractivity contribution in [1.29, 1.82) is 0 Å². The highest BCUT2D eigenvalue weighted by molar-refractivity contribution is 7.10. The van der Waals surface area contributed by atoms with E-state index in [0.717, 1.165) is 140 Å². The minimum atomic E-state index is -0.901. The lowest BCUT2D eigenvalue weighted by molar-refractivity contribution is 0.0603. The molecule has 6 fully saturated rings. The Balaban J connectivity index is 0.000000132. The number of esters is 1. The van der Waals surface area contributed by atoms with Crippen molar-refractivity contribution in [2.75, 3.05) is 7.11 Å². The maximum absolute atomic E-state index is 13.7. The summed E-state index contributed by atoms with van der Waals surface area (Å²) in [6.45, 7) is 0.144. The Morgan fingerprint density at radius 1 is 0.521 bits per heavy atom. The van der Waals surface area contributed by atoms with Crippen LogP contribution in [0.5, 0.6) is 0 Å². The van der Waals surface area contributed by atoms with Crippen molar-refractivity contribution in [1.82, 2.24) is 57.5 Å². The maximum atomic E-state index is 13.7. The molecule has 0 radical (unpaired) electrons. The number of rotatable bonds is 19. The van der Waals surface area contributed by atoms with E-state index in [1.807, 2.05) is 0 Å². The van der Waals surface area contributed by atoms with Gasteiger partial charge in [0.2, 0.25) is 0 Å². The smallest absolute Gasteiger partial charge is 0.351 e. The number of carboxylic acid groups (broad SMARTS) is 1. The standard InChI is InChI=1S/C14H10ClFN2O2S.C14H14ClFN2S.C7H7ClFN.C7H8N2O2S.C6H5ClN2OS.C6H6N2O2S.C6H6N2OS/c15-8-2-1-3-9(16)12(8)10(19)6-11(20)14-13(7-4-5-7)17-18-21-14;15-11-4-2-5-12(16)10(11)3-1-6-13-14(9-7-8-9)17-18-19-13;8-6-2-1-3-7(9)5(6)4-10;1-11-7(10)6-5(4-2-3-4)8-9-12-6;7-6(10)5-4(3-1-2-3)8-9-11-5;9-6(10)5-4(3-1-2-3)7-8-11-5;9-3-5-6(4-1-2-4)7-8-10-5/h1-3,7H,4-6H2;2,4-5,9H,1,3,6-8H2;1-3H,4,10H2;4H,2-3H2,1H3;3H,1-2H2;3H,1-2H2,(H,9,10);3-4H,1-2H2. The summed E-state index contributed by atoms with van der Waals surface area (Å²) in [4.78, 5) is 70.9. The summed E-state index contributed by atoms with van der Waals surface area (Å²) in [7, 11) is 1.37. The Bertz CT molecular complexity index is 3990. The van der Waals surface area contributed by atoms with Gasteiger partial charge in [-0.15, -0.1) is 30.6 Å². The van der Waals surface area contributed by atoms with Crippen LogP contribution in [0.1, 0.15) is 234 Å². The fraction of sp³-hybridized carbons (Fsp3) is 0.400. The van der Waals surface area contributed by atoms with Gasteiger partial charge in [0.05, 0.1) is 58.3 Å². The summed E-state index contributed by atoms with van der Waals surface area (Å²) >= 11 is 29.6. The summed E-state index contributed by atoms with van der Waals surface area (Å²) in [6, 6.07) is 13.3. The summed E-state index contributed by atoms with van der Waals surface area (Å²) < 4.78 is 67.2. The molecule has 9 aromatic rings. The van der Waals surface area contributed by atoms with E-state index >= 15 is 0 Å². The van der Waals surface area contributed by atoms with Gasteiger partial charge in [-0.05, 0) is 214 Å². The third-order valence-corrected chi connectivity index (χ3v) is 20.5. The number of nitrogens with two attached hydrogens (primary N) is 1. The first-order valence-electron chi connectivity index (χ1n) is 29.4. The summed E-state index contributed by atoms with van der Waals surface area (Å²) in [5, 5.41) is 32.8. The number of aromatic carboxylic acids is 1. The molecule has 0 spiro atoms. The van der Waals surface area contributed by atoms with Crippen LogP contribution in [-0.4, -0.2) is 105 Å². The van der Waals surface area contributed by atoms with Crippen LogP contribution < -0.4 is 5.73 Å². The SMILES string of the molecule is COC(=O)c1snnc1C1CC1.Fc1cccc(Cl)c1CCCc1snnc1C1CC1.NCc1c(F)cccc1Cl.O=C(CC(=O)c1c(F)cccc1Cl)c1snnc1C1CC1.O=C(Cl)c1snnc1C1CC1.O=C(O)c1snnc1C1CC1.O=Cc1snnc1C1CC1. The Labute approximate surface area is 580 Å². The number of aryl methyl sites for hydroxylation is 1. The summed E-state index contributed by atoms with van der Waals surface area (Å²) in [5.41, 5.74) is 11.0. The number of carbonyl (C=O) groups is 6. The second-order valence-corrected chi connectivity index (χ2v) is 28.2. The Morgan fingerprint density at radius 2 is 0.926 bits per heavy atom. The zero-order valence-corrected chi connectivity index (χ0v) is 57.5. The molecule has 494 valence electrons. The first-order valence-corrected chi connectivity index (χ1v) is 35.5. The minimum absolute atomic E-state index is 0.0117. The van der Waals surface area contributed by atoms with Gasteiger partial charge in [0.25, 0.3) is 5.24 Å². The molecule has 6 aromatic heterocycles. The molecule has 6 aliphatic carbocycles. The van der Waals surface area contributed by atoms with Crippen LogP contribution in [0.15, 0.2) is 54.6 Å². The normalized spacial score (nSPS) is 15.0. The lowest BCUT2D eigenvalue weighted by atomic mass is 10.0. The maximum Gasteiger partial charge on any atom is 0.351 e. The molecule has 0 saturated heterocycles. The molecular weight excluding hydrogens is 1420 g/mol. The third-order valence-electron chi connectivity index (χ3n) is 14.8. The highest BCUT2D eigenvalue weighted by atomic mass is 35.5. The Hall–Kier alpha value is -6.45. The summed E-state index contributed by atoms with van der Waals surface area (Å²) in [6.07, 6.45) is 16.2. The number of nitrogens with zero attached hydrogens (tertiary/aromatic N) is 12. The molecule has 0 bridgehead atoms. The minimum Gasteiger partial charge on any atom is -0.477 e. The number of aromatic nitrogens is 12. The Morgan fingerprint density at radius 3 is 1.39 bits per heavy atom. The predicted octanol–water partition coefficient (Wildman–Crippen LogP) is 15.3. The average Bonchev–Trinajstić information content (AvgIpc) is 1.67. The Kier molecular flexibility index (Phi) is 26.3. The molecule has 3 N–H and O–H groups in total. The van der Waals surface area contributed by atoms with Gasteiger partial charge < -0.3 is 15.6 Å². The largest absolute Gasteiger partial charge is 0.477 e. The van der Waals surface area contributed by atoms with Gasteiger partial charge in [0.15, 0.2) is 27.6 Å². The van der Waals surface area contributed by atoms with E-state index in [4.69, 9.17) is 57.2 Å². The van der Waals surface area contributed by atoms with Crippen LogP contribution in [0.25, 0.3) is 0 Å². The zero-order valence-electron chi connectivity index (χ0n) is 49.6. The van der Waals surface area contributed by atoms with E-state index < -0.39 is 29.2 Å².